The first kappa shape index (κ1) is 13.3. The first-order chi connectivity index (χ1) is 7.27. The second-order valence-electron chi connectivity index (χ2n) is 6.12. The fraction of sp³-hybridized carbons (Fsp3) is 0.625. The van der Waals surface area contributed by atoms with Gasteiger partial charge in [0.05, 0.1) is 0 Å². The Morgan fingerprint density at radius 3 is 2.06 bits per heavy atom. The molecule has 0 nitrogen and oxygen atoms in total. The van der Waals surface area contributed by atoms with Crippen LogP contribution in [0.5, 0.6) is 0 Å². The molecule has 0 aliphatic heterocycles. The van der Waals surface area contributed by atoms with Crippen LogP contribution >= 0.6 is 0 Å². The molecule has 0 fully saturated rings. The minimum absolute atomic E-state index is 0.251. The fourth-order valence-electron chi connectivity index (χ4n) is 2.32. The van der Waals surface area contributed by atoms with Crippen molar-refractivity contribution in [3.63, 3.8) is 0 Å². The molecule has 0 bridgehead atoms. The second-order valence-corrected chi connectivity index (χ2v) is 6.12. The molecule has 0 aromatic heterocycles. The van der Waals surface area contributed by atoms with Crippen molar-refractivity contribution in [3.05, 3.63) is 34.4 Å². The van der Waals surface area contributed by atoms with Gasteiger partial charge in [0.15, 0.2) is 0 Å². The van der Waals surface area contributed by atoms with Crippen LogP contribution in [0.3, 0.4) is 0 Å². The minimum Gasteiger partial charge on any atom is -0.0613 e. The Kier molecular flexibility index (Phi) is 3.83. The number of aryl methyl sites for hydroxylation is 1. The maximum absolute atomic E-state index is 2.41. The summed E-state index contributed by atoms with van der Waals surface area (Å²) in [6, 6.07) is 4.77. The Hall–Kier alpha value is -0.780. The van der Waals surface area contributed by atoms with Crippen LogP contribution in [0.15, 0.2) is 12.1 Å². The molecule has 0 saturated heterocycles. The van der Waals surface area contributed by atoms with E-state index in [4.69, 9.17) is 0 Å². The maximum atomic E-state index is 2.41. The van der Waals surface area contributed by atoms with Gasteiger partial charge in [0.1, 0.15) is 0 Å². The number of hydrogen-bond donors (Lipinski definition) is 0. The first-order valence-corrected chi connectivity index (χ1v) is 6.41. The lowest BCUT2D eigenvalue weighted by Crippen LogP contribution is -2.16. The molecule has 0 heterocycles. The molecule has 0 saturated carbocycles. The molecule has 0 N–H and O–H groups in total. The van der Waals surface area contributed by atoms with Crippen LogP contribution in [-0.2, 0) is 11.8 Å². The van der Waals surface area contributed by atoms with Gasteiger partial charge in [0, 0.05) is 0 Å². The quantitative estimate of drug-likeness (QED) is 0.657. The molecular formula is C16H26. The van der Waals surface area contributed by atoms with Gasteiger partial charge < -0.3 is 0 Å². The predicted molar refractivity (Wildman–Crippen MR) is 73.3 cm³/mol. The van der Waals surface area contributed by atoms with Crippen LogP contribution in [0, 0.1) is 6.92 Å². The molecular weight excluding hydrogens is 192 g/mol. The molecule has 0 aliphatic rings. The van der Waals surface area contributed by atoms with E-state index in [0.717, 1.165) is 6.42 Å². The van der Waals surface area contributed by atoms with E-state index in [1.165, 1.54) is 22.3 Å². The SMILES string of the molecule is CCc1c(C)cc(C(C)C)cc1C(C)(C)C. The van der Waals surface area contributed by atoms with Gasteiger partial charge in [-0.05, 0) is 46.9 Å². The first-order valence-electron chi connectivity index (χ1n) is 6.41. The zero-order valence-electron chi connectivity index (χ0n) is 11.9. The molecule has 0 heteroatoms. The van der Waals surface area contributed by atoms with Crippen molar-refractivity contribution >= 4 is 0 Å². The third-order valence-corrected chi connectivity index (χ3v) is 3.32. The molecule has 0 radical (unpaired) electrons. The largest absolute Gasteiger partial charge is 0.0613 e. The summed E-state index contributed by atoms with van der Waals surface area (Å²) in [6.45, 7) is 16.0. The van der Waals surface area contributed by atoms with Crippen molar-refractivity contribution in [2.75, 3.05) is 0 Å². The lowest BCUT2D eigenvalue weighted by molar-refractivity contribution is 0.580. The van der Waals surface area contributed by atoms with Crippen LogP contribution in [0.1, 0.15) is 69.7 Å². The molecule has 1 aromatic carbocycles. The molecule has 0 aliphatic carbocycles. The number of hydrogen-bond acceptors (Lipinski definition) is 0. The Morgan fingerprint density at radius 1 is 1.12 bits per heavy atom. The summed E-state index contributed by atoms with van der Waals surface area (Å²) in [7, 11) is 0. The highest BCUT2D eigenvalue weighted by atomic mass is 14.2. The van der Waals surface area contributed by atoms with E-state index in [-0.39, 0.29) is 5.41 Å². The van der Waals surface area contributed by atoms with Crippen molar-refractivity contribution in [2.24, 2.45) is 0 Å². The van der Waals surface area contributed by atoms with Crippen LogP contribution in [0.25, 0.3) is 0 Å². The van der Waals surface area contributed by atoms with Crippen molar-refractivity contribution in [3.8, 4) is 0 Å². The lowest BCUT2D eigenvalue weighted by atomic mass is 9.79. The molecule has 0 spiro atoms. The van der Waals surface area contributed by atoms with Gasteiger partial charge in [0.25, 0.3) is 0 Å². The van der Waals surface area contributed by atoms with Crippen molar-refractivity contribution in [1.82, 2.24) is 0 Å². The normalized spacial score (nSPS) is 12.2. The molecule has 0 amide bonds. The second kappa shape index (κ2) is 4.61. The van der Waals surface area contributed by atoms with Gasteiger partial charge in [-0.2, -0.15) is 0 Å². The minimum atomic E-state index is 0.251. The predicted octanol–water partition coefficient (Wildman–Crippen LogP) is 4.98. The van der Waals surface area contributed by atoms with E-state index in [1.807, 2.05) is 0 Å². The smallest absolute Gasteiger partial charge is 0.0129 e. The summed E-state index contributed by atoms with van der Waals surface area (Å²) in [4.78, 5) is 0. The zero-order chi connectivity index (χ0) is 12.5. The van der Waals surface area contributed by atoms with E-state index in [1.54, 1.807) is 0 Å². The van der Waals surface area contributed by atoms with Gasteiger partial charge in [-0.15, -0.1) is 0 Å². The van der Waals surface area contributed by atoms with Crippen LogP contribution < -0.4 is 0 Å². The molecule has 16 heavy (non-hydrogen) atoms. The van der Waals surface area contributed by atoms with Crippen LogP contribution in [0.4, 0.5) is 0 Å². The highest BCUT2D eigenvalue weighted by molar-refractivity contribution is 5.43. The van der Waals surface area contributed by atoms with Crippen molar-refractivity contribution in [2.45, 2.75) is 66.2 Å². The van der Waals surface area contributed by atoms with E-state index >= 15 is 0 Å². The van der Waals surface area contributed by atoms with Crippen molar-refractivity contribution in [1.29, 1.82) is 0 Å². The summed E-state index contributed by atoms with van der Waals surface area (Å²) >= 11 is 0. The molecule has 90 valence electrons. The monoisotopic (exact) mass is 218 g/mol. The van der Waals surface area contributed by atoms with Gasteiger partial charge in [-0.1, -0.05) is 53.7 Å². The van der Waals surface area contributed by atoms with Crippen molar-refractivity contribution < 1.29 is 0 Å². The van der Waals surface area contributed by atoms with E-state index < -0.39 is 0 Å². The topological polar surface area (TPSA) is 0 Å². The Bertz CT molecular complexity index is 364. The van der Waals surface area contributed by atoms with Crippen LogP contribution in [-0.4, -0.2) is 0 Å². The molecule has 0 atom stereocenters. The molecule has 1 aromatic rings. The maximum Gasteiger partial charge on any atom is -0.0129 e. The molecule has 0 unspecified atom stereocenters. The van der Waals surface area contributed by atoms with Gasteiger partial charge in [-0.3, -0.25) is 0 Å². The highest BCUT2D eigenvalue weighted by Gasteiger charge is 2.19. The summed E-state index contributed by atoms with van der Waals surface area (Å²) in [5, 5.41) is 0. The number of benzene rings is 1. The summed E-state index contributed by atoms with van der Waals surface area (Å²) in [5.74, 6) is 0.616. The van der Waals surface area contributed by atoms with E-state index in [0.29, 0.717) is 5.92 Å². The standard InChI is InChI=1S/C16H26/c1-8-14-12(4)9-13(11(2)3)10-15(14)16(5,6)7/h9-11H,8H2,1-7H3. The average Bonchev–Trinajstić information content (AvgIpc) is 2.14. The summed E-state index contributed by atoms with van der Waals surface area (Å²) < 4.78 is 0. The molecule has 1 rings (SSSR count). The Labute approximate surface area is 101 Å². The van der Waals surface area contributed by atoms with Gasteiger partial charge >= 0.3 is 0 Å². The summed E-state index contributed by atoms with van der Waals surface area (Å²) in [5.41, 5.74) is 6.25. The fourth-order valence-corrected chi connectivity index (χ4v) is 2.32. The van der Waals surface area contributed by atoms with E-state index in [9.17, 15) is 0 Å². The number of rotatable bonds is 2. The summed E-state index contributed by atoms with van der Waals surface area (Å²) in [6.07, 6.45) is 1.14. The Balaban J connectivity index is 3.43. The van der Waals surface area contributed by atoms with Gasteiger partial charge in [-0.25, -0.2) is 0 Å². The van der Waals surface area contributed by atoms with E-state index in [2.05, 4.69) is 60.6 Å². The lowest BCUT2D eigenvalue weighted by Gasteiger charge is -2.26. The highest BCUT2D eigenvalue weighted by Crippen LogP contribution is 2.31. The third-order valence-electron chi connectivity index (χ3n) is 3.32. The van der Waals surface area contributed by atoms with Crippen LogP contribution in [0.2, 0.25) is 0 Å². The van der Waals surface area contributed by atoms with Gasteiger partial charge in [0.2, 0.25) is 0 Å². The zero-order valence-corrected chi connectivity index (χ0v) is 11.9. The average molecular weight is 218 g/mol. The third kappa shape index (κ3) is 2.66. The Morgan fingerprint density at radius 2 is 1.69 bits per heavy atom.